The number of halogens is 3. The summed E-state index contributed by atoms with van der Waals surface area (Å²) in [4.78, 5) is 15.9. The molecule has 6 heteroatoms. The van der Waals surface area contributed by atoms with Crippen molar-refractivity contribution >= 4 is 11.7 Å². The molecule has 3 nitrogen and oxygen atoms in total. The summed E-state index contributed by atoms with van der Waals surface area (Å²) in [6.07, 6.45) is 0.887. The summed E-state index contributed by atoms with van der Waals surface area (Å²) in [6, 6.07) is 4.95. The topological polar surface area (TPSA) is 49.7 Å². The first-order valence-corrected chi connectivity index (χ1v) is 8.76. The molecular formula is C19H24F3NO2. The molecule has 0 heterocycles. The Morgan fingerprint density at radius 1 is 1.28 bits per heavy atom. The molecule has 2 unspecified atom stereocenters. The van der Waals surface area contributed by atoms with Crippen molar-refractivity contribution in [2.75, 3.05) is 0 Å². The molecule has 1 saturated carbocycles. The number of nitrogens with zero attached hydrogens (tertiary/aromatic N) is 1. The van der Waals surface area contributed by atoms with Gasteiger partial charge in [-0.3, -0.25) is 9.79 Å². The van der Waals surface area contributed by atoms with Crippen LogP contribution in [0.15, 0.2) is 29.3 Å². The van der Waals surface area contributed by atoms with Gasteiger partial charge in [-0.15, -0.1) is 0 Å². The third-order valence-electron chi connectivity index (χ3n) is 4.63. The van der Waals surface area contributed by atoms with Gasteiger partial charge in [0, 0.05) is 11.6 Å². The molecule has 1 fully saturated rings. The third kappa shape index (κ3) is 5.58. The van der Waals surface area contributed by atoms with Crippen LogP contribution in [0.25, 0.3) is 0 Å². The third-order valence-corrected chi connectivity index (χ3v) is 4.63. The zero-order valence-electron chi connectivity index (χ0n) is 14.4. The van der Waals surface area contributed by atoms with Crippen molar-refractivity contribution in [3.05, 3.63) is 35.4 Å². The molecule has 2 atom stereocenters. The van der Waals surface area contributed by atoms with Crippen LogP contribution in [0.5, 0.6) is 0 Å². The molecule has 0 aromatic heterocycles. The predicted molar refractivity (Wildman–Crippen MR) is 90.7 cm³/mol. The van der Waals surface area contributed by atoms with Gasteiger partial charge in [-0.2, -0.15) is 13.2 Å². The second kappa shape index (κ2) is 8.50. The van der Waals surface area contributed by atoms with Crippen molar-refractivity contribution in [3.63, 3.8) is 0 Å². The van der Waals surface area contributed by atoms with E-state index in [4.69, 9.17) is 10.1 Å². The zero-order chi connectivity index (χ0) is 18.4. The van der Waals surface area contributed by atoms with E-state index in [0.29, 0.717) is 0 Å². The highest BCUT2D eigenvalue weighted by Crippen LogP contribution is 2.33. The summed E-state index contributed by atoms with van der Waals surface area (Å²) in [5.74, 6) is -0.888. The van der Waals surface area contributed by atoms with Gasteiger partial charge in [-0.05, 0) is 43.4 Å². The van der Waals surface area contributed by atoms with E-state index in [0.717, 1.165) is 61.9 Å². The average molecular weight is 355 g/mol. The Bertz CT molecular complexity index is 608. The maximum atomic E-state index is 12.7. The first kappa shape index (κ1) is 19.5. The highest BCUT2D eigenvalue weighted by molar-refractivity contribution is 5.90. The van der Waals surface area contributed by atoms with Crippen LogP contribution in [-0.2, 0) is 11.0 Å². The lowest BCUT2D eigenvalue weighted by Crippen LogP contribution is -2.23. The average Bonchev–Trinajstić information content (AvgIpc) is 2.55. The van der Waals surface area contributed by atoms with E-state index in [-0.39, 0.29) is 18.4 Å². The number of alkyl halides is 3. The Labute approximate surface area is 146 Å². The Morgan fingerprint density at radius 3 is 2.52 bits per heavy atom. The van der Waals surface area contributed by atoms with Gasteiger partial charge in [-0.25, -0.2) is 0 Å². The molecule has 0 radical (unpaired) electrons. The molecule has 138 valence electrons. The fourth-order valence-corrected chi connectivity index (χ4v) is 3.34. The fraction of sp³-hybridized carbons (Fsp3) is 0.579. The zero-order valence-corrected chi connectivity index (χ0v) is 14.4. The van der Waals surface area contributed by atoms with Crippen LogP contribution in [0.4, 0.5) is 13.2 Å². The van der Waals surface area contributed by atoms with E-state index in [9.17, 15) is 18.0 Å². The molecule has 1 aromatic rings. The monoisotopic (exact) mass is 355 g/mol. The molecule has 0 amide bonds. The van der Waals surface area contributed by atoms with Gasteiger partial charge in [0.05, 0.1) is 18.0 Å². The van der Waals surface area contributed by atoms with Crippen LogP contribution in [0, 0.1) is 5.92 Å². The van der Waals surface area contributed by atoms with Crippen molar-refractivity contribution in [1.29, 1.82) is 0 Å². The van der Waals surface area contributed by atoms with Crippen LogP contribution >= 0.6 is 0 Å². The Morgan fingerprint density at radius 2 is 1.96 bits per heavy atom. The van der Waals surface area contributed by atoms with Crippen molar-refractivity contribution in [2.45, 2.75) is 64.1 Å². The number of aliphatic carboxylic acids is 1. The van der Waals surface area contributed by atoms with Crippen LogP contribution < -0.4 is 0 Å². The van der Waals surface area contributed by atoms with Gasteiger partial charge in [0.15, 0.2) is 0 Å². The first-order valence-electron chi connectivity index (χ1n) is 8.76. The molecule has 1 aliphatic carbocycles. The molecule has 1 N–H and O–H groups in total. The number of benzene rings is 1. The van der Waals surface area contributed by atoms with Crippen molar-refractivity contribution in [3.8, 4) is 0 Å². The summed E-state index contributed by atoms with van der Waals surface area (Å²) < 4.78 is 38.2. The molecular weight excluding hydrogens is 331 g/mol. The number of carboxylic acid groups (broad SMARTS) is 1. The Kier molecular flexibility index (Phi) is 6.62. The van der Waals surface area contributed by atoms with Crippen LogP contribution in [-0.4, -0.2) is 16.8 Å². The normalized spacial score (nSPS) is 21.3. The molecule has 1 aliphatic rings. The second-order valence-corrected chi connectivity index (χ2v) is 6.59. The van der Waals surface area contributed by atoms with E-state index in [1.165, 1.54) is 12.1 Å². The van der Waals surface area contributed by atoms with Crippen molar-refractivity contribution in [1.82, 2.24) is 0 Å². The number of hydrogen-bond acceptors (Lipinski definition) is 2. The number of rotatable bonds is 6. The minimum absolute atomic E-state index is 0.0555. The predicted octanol–water partition coefficient (Wildman–Crippen LogP) is 5.65. The standard InChI is InChI=1S/C19H24F3NO2/c1-2-5-16(13-8-10-15(11-9-13)19(20,21)22)23-17-7-4-3-6-14(17)12-18(24)25/h8-11,14,16H,2-7,12H2,1H3,(H,24,25). The minimum atomic E-state index is -4.35. The van der Waals surface area contributed by atoms with Crippen LogP contribution in [0.1, 0.15) is 69.0 Å². The second-order valence-electron chi connectivity index (χ2n) is 6.59. The molecule has 1 aromatic carbocycles. The van der Waals surface area contributed by atoms with Crippen LogP contribution in [0.3, 0.4) is 0 Å². The molecule has 0 bridgehead atoms. The quantitative estimate of drug-likeness (QED) is 0.716. The molecule has 2 rings (SSSR count). The highest BCUT2D eigenvalue weighted by Gasteiger charge is 2.30. The van der Waals surface area contributed by atoms with E-state index in [1.807, 2.05) is 6.92 Å². The Hall–Kier alpha value is -1.85. The smallest absolute Gasteiger partial charge is 0.416 e. The summed E-state index contributed by atoms with van der Waals surface area (Å²) >= 11 is 0. The highest BCUT2D eigenvalue weighted by atomic mass is 19.4. The van der Waals surface area contributed by atoms with E-state index in [1.54, 1.807) is 0 Å². The van der Waals surface area contributed by atoms with Gasteiger partial charge in [0.25, 0.3) is 0 Å². The molecule has 0 aliphatic heterocycles. The van der Waals surface area contributed by atoms with Gasteiger partial charge in [-0.1, -0.05) is 31.9 Å². The Balaban J connectivity index is 2.25. The number of aliphatic imine (C=N–C) groups is 1. The van der Waals surface area contributed by atoms with Gasteiger partial charge >= 0.3 is 12.1 Å². The van der Waals surface area contributed by atoms with Gasteiger partial charge in [0.1, 0.15) is 0 Å². The lowest BCUT2D eigenvalue weighted by atomic mass is 9.84. The van der Waals surface area contributed by atoms with Crippen LogP contribution in [0.2, 0.25) is 0 Å². The van der Waals surface area contributed by atoms with Gasteiger partial charge in [0.2, 0.25) is 0 Å². The maximum Gasteiger partial charge on any atom is 0.416 e. The molecule has 25 heavy (non-hydrogen) atoms. The molecule has 0 saturated heterocycles. The van der Waals surface area contributed by atoms with Crippen molar-refractivity contribution < 1.29 is 23.1 Å². The van der Waals surface area contributed by atoms with E-state index >= 15 is 0 Å². The number of carboxylic acids is 1. The first-order chi connectivity index (χ1) is 11.8. The largest absolute Gasteiger partial charge is 0.481 e. The summed E-state index contributed by atoms with van der Waals surface area (Å²) in [6.45, 7) is 2.01. The number of carbonyl (C=O) groups is 1. The number of hydrogen-bond donors (Lipinski definition) is 1. The van der Waals surface area contributed by atoms with E-state index in [2.05, 4.69) is 0 Å². The summed E-state index contributed by atoms with van der Waals surface area (Å²) in [5, 5.41) is 9.08. The fourth-order valence-electron chi connectivity index (χ4n) is 3.34. The SMILES string of the molecule is CCCC(N=C1CCCCC1CC(=O)O)c1ccc(C(F)(F)F)cc1. The van der Waals surface area contributed by atoms with E-state index < -0.39 is 17.7 Å². The lowest BCUT2D eigenvalue weighted by Gasteiger charge is -2.25. The molecule has 0 spiro atoms. The van der Waals surface area contributed by atoms with Gasteiger partial charge < -0.3 is 5.11 Å². The summed E-state index contributed by atoms with van der Waals surface area (Å²) in [5.41, 5.74) is 0.995. The lowest BCUT2D eigenvalue weighted by molar-refractivity contribution is -0.138. The van der Waals surface area contributed by atoms with Crippen molar-refractivity contribution in [2.24, 2.45) is 10.9 Å². The minimum Gasteiger partial charge on any atom is -0.481 e. The summed E-state index contributed by atoms with van der Waals surface area (Å²) in [7, 11) is 0. The maximum absolute atomic E-state index is 12.7.